The van der Waals surface area contributed by atoms with Gasteiger partial charge in [-0.15, -0.1) is 0 Å². The van der Waals surface area contributed by atoms with Gasteiger partial charge in [-0.1, -0.05) is 11.6 Å². The summed E-state index contributed by atoms with van der Waals surface area (Å²) in [5, 5.41) is 5.65. The Morgan fingerprint density at radius 1 is 1.15 bits per heavy atom. The van der Waals surface area contributed by atoms with Gasteiger partial charge in [0.2, 0.25) is 0 Å². The van der Waals surface area contributed by atoms with Crippen molar-refractivity contribution in [2.45, 2.75) is 6.92 Å². The van der Waals surface area contributed by atoms with E-state index in [0.29, 0.717) is 33.3 Å². The summed E-state index contributed by atoms with van der Waals surface area (Å²) in [4.78, 5) is 31.0. The molecule has 0 spiro atoms. The fourth-order valence-corrected chi connectivity index (χ4v) is 2.07. The first-order valence-corrected chi connectivity index (χ1v) is 6.18. The number of nitrogens with zero attached hydrogens (tertiary/aromatic N) is 2. The maximum Gasteiger partial charge on any atom is 0.259 e. The normalized spacial score (nSPS) is 13.1. The monoisotopic (exact) mass is 288 g/mol. The first-order chi connectivity index (χ1) is 9.56. The van der Waals surface area contributed by atoms with E-state index in [1.54, 1.807) is 25.1 Å². The summed E-state index contributed by atoms with van der Waals surface area (Å²) in [6, 6.07) is 4.90. The third-order valence-corrected chi connectivity index (χ3v) is 3.40. The highest BCUT2D eigenvalue weighted by atomic mass is 35.5. The standard InChI is InChI=1S/C13H9ClN4O2/c1-6-10(14)15-5-16-11(6)17-7-2-3-8-9(4-7)13(20)18-12(8)19/h2-5H,1H3,(H,15,16,17)(H,18,19,20). The minimum Gasteiger partial charge on any atom is -0.340 e. The number of nitrogens with one attached hydrogen (secondary N) is 2. The number of rotatable bonds is 2. The summed E-state index contributed by atoms with van der Waals surface area (Å²) in [6.07, 6.45) is 1.35. The van der Waals surface area contributed by atoms with E-state index in [-0.39, 0.29) is 5.91 Å². The molecule has 0 saturated heterocycles. The van der Waals surface area contributed by atoms with E-state index < -0.39 is 5.91 Å². The highest BCUT2D eigenvalue weighted by Gasteiger charge is 2.26. The summed E-state index contributed by atoms with van der Waals surface area (Å²) in [6.45, 7) is 1.79. The van der Waals surface area contributed by atoms with Gasteiger partial charge in [0.25, 0.3) is 11.8 Å². The van der Waals surface area contributed by atoms with Crippen molar-refractivity contribution in [3.05, 3.63) is 46.4 Å². The summed E-state index contributed by atoms with van der Waals surface area (Å²) in [5.74, 6) is -0.224. The van der Waals surface area contributed by atoms with Crippen molar-refractivity contribution in [3.63, 3.8) is 0 Å². The van der Waals surface area contributed by atoms with Crippen LogP contribution >= 0.6 is 11.6 Å². The van der Waals surface area contributed by atoms with Crippen LogP contribution in [0, 0.1) is 6.92 Å². The number of hydrogen-bond donors (Lipinski definition) is 2. The molecule has 1 aliphatic heterocycles. The van der Waals surface area contributed by atoms with Crippen LogP contribution in [0.3, 0.4) is 0 Å². The minimum absolute atomic E-state index is 0.345. The van der Waals surface area contributed by atoms with E-state index in [0.717, 1.165) is 0 Å². The topological polar surface area (TPSA) is 84.0 Å². The van der Waals surface area contributed by atoms with Gasteiger partial charge < -0.3 is 5.32 Å². The second kappa shape index (κ2) is 4.57. The molecule has 1 aliphatic rings. The van der Waals surface area contributed by atoms with Gasteiger partial charge in [-0.3, -0.25) is 14.9 Å². The second-order valence-corrected chi connectivity index (χ2v) is 4.66. The highest BCUT2D eigenvalue weighted by Crippen LogP contribution is 2.25. The van der Waals surface area contributed by atoms with Crippen LogP contribution in [0.4, 0.5) is 11.5 Å². The molecule has 0 fully saturated rings. The average Bonchev–Trinajstić information content (AvgIpc) is 2.70. The van der Waals surface area contributed by atoms with Gasteiger partial charge in [0.05, 0.1) is 11.1 Å². The van der Waals surface area contributed by atoms with Crippen molar-refractivity contribution < 1.29 is 9.59 Å². The summed E-state index contributed by atoms with van der Waals surface area (Å²) < 4.78 is 0. The molecular formula is C13H9ClN4O2. The van der Waals surface area contributed by atoms with Gasteiger partial charge >= 0.3 is 0 Å². The smallest absolute Gasteiger partial charge is 0.259 e. The lowest BCUT2D eigenvalue weighted by Crippen LogP contribution is -2.19. The Hall–Kier alpha value is -2.47. The third kappa shape index (κ3) is 2.00. The van der Waals surface area contributed by atoms with Gasteiger partial charge in [0, 0.05) is 11.3 Å². The Kier molecular flexibility index (Phi) is 2.87. The van der Waals surface area contributed by atoms with Crippen LogP contribution in [0.15, 0.2) is 24.5 Å². The number of fused-ring (bicyclic) bond motifs is 1. The number of carbonyl (C=O) groups is 2. The number of aromatic nitrogens is 2. The SMILES string of the molecule is Cc1c(Cl)ncnc1Nc1ccc2c(c1)C(=O)NC2=O. The zero-order valence-corrected chi connectivity index (χ0v) is 11.2. The predicted octanol–water partition coefficient (Wildman–Crippen LogP) is 2.07. The lowest BCUT2D eigenvalue weighted by molar-refractivity contribution is 0.0879. The molecule has 0 bridgehead atoms. The molecule has 0 saturated carbocycles. The van der Waals surface area contributed by atoms with Crippen molar-refractivity contribution in [3.8, 4) is 0 Å². The van der Waals surface area contributed by atoms with Crippen molar-refractivity contribution in [2.75, 3.05) is 5.32 Å². The van der Waals surface area contributed by atoms with Gasteiger partial charge in [0.15, 0.2) is 0 Å². The number of halogens is 1. The molecule has 2 aromatic rings. The Balaban J connectivity index is 1.97. The number of amides is 2. The fraction of sp³-hybridized carbons (Fsp3) is 0.0769. The van der Waals surface area contributed by atoms with E-state index in [1.165, 1.54) is 6.33 Å². The molecule has 2 N–H and O–H groups in total. The maximum atomic E-state index is 11.6. The molecule has 0 radical (unpaired) electrons. The van der Waals surface area contributed by atoms with Crippen molar-refractivity contribution >= 4 is 34.9 Å². The minimum atomic E-state index is -0.397. The zero-order chi connectivity index (χ0) is 14.3. The van der Waals surface area contributed by atoms with E-state index in [9.17, 15) is 9.59 Å². The Morgan fingerprint density at radius 3 is 2.70 bits per heavy atom. The first-order valence-electron chi connectivity index (χ1n) is 5.80. The van der Waals surface area contributed by atoms with Crippen LogP contribution in [0.25, 0.3) is 0 Å². The van der Waals surface area contributed by atoms with Gasteiger partial charge in [-0.25, -0.2) is 9.97 Å². The molecule has 20 heavy (non-hydrogen) atoms. The molecule has 0 atom stereocenters. The Bertz CT molecular complexity index is 745. The highest BCUT2D eigenvalue weighted by molar-refractivity contribution is 6.30. The molecule has 3 rings (SSSR count). The molecule has 2 amide bonds. The third-order valence-electron chi connectivity index (χ3n) is 3.02. The summed E-state index contributed by atoms with van der Waals surface area (Å²) >= 11 is 5.92. The van der Waals surface area contributed by atoms with Crippen LogP contribution in [-0.2, 0) is 0 Å². The largest absolute Gasteiger partial charge is 0.340 e. The van der Waals surface area contributed by atoms with Crippen molar-refractivity contribution in [1.29, 1.82) is 0 Å². The number of benzene rings is 1. The molecule has 0 aliphatic carbocycles. The van der Waals surface area contributed by atoms with Gasteiger partial charge in [-0.05, 0) is 25.1 Å². The van der Waals surface area contributed by atoms with E-state index in [1.807, 2.05) is 0 Å². The second-order valence-electron chi connectivity index (χ2n) is 4.31. The van der Waals surface area contributed by atoms with Gasteiger partial charge in [0.1, 0.15) is 17.3 Å². The Labute approximate surface area is 119 Å². The average molecular weight is 289 g/mol. The Morgan fingerprint density at radius 2 is 1.90 bits per heavy atom. The summed E-state index contributed by atoms with van der Waals surface area (Å²) in [7, 11) is 0. The lowest BCUT2D eigenvalue weighted by atomic mass is 10.1. The molecule has 1 aromatic carbocycles. The summed E-state index contributed by atoms with van der Waals surface area (Å²) in [5.41, 5.74) is 2.07. The van der Waals surface area contributed by atoms with Crippen LogP contribution in [0.2, 0.25) is 5.15 Å². The molecular weight excluding hydrogens is 280 g/mol. The molecule has 1 aromatic heterocycles. The van der Waals surface area contributed by atoms with E-state index in [2.05, 4.69) is 20.6 Å². The first kappa shape index (κ1) is 12.6. The fourth-order valence-electron chi connectivity index (χ4n) is 1.94. The van der Waals surface area contributed by atoms with Gasteiger partial charge in [-0.2, -0.15) is 0 Å². The molecule has 100 valence electrons. The zero-order valence-electron chi connectivity index (χ0n) is 10.4. The molecule has 6 nitrogen and oxygen atoms in total. The number of imide groups is 1. The number of anilines is 2. The molecule has 0 unspecified atom stereocenters. The van der Waals surface area contributed by atoms with Crippen LogP contribution < -0.4 is 10.6 Å². The van der Waals surface area contributed by atoms with Crippen LogP contribution in [0.5, 0.6) is 0 Å². The lowest BCUT2D eigenvalue weighted by Gasteiger charge is -2.09. The molecule has 2 heterocycles. The number of hydrogen-bond acceptors (Lipinski definition) is 5. The van der Waals surface area contributed by atoms with E-state index >= 15 is 0 Å². The predicted molar refractivity (Wildman–Crippen MR) is 73.3 cm³/mol. The van der Waals surface area contributed by atoms with Crippen LogP contribution in [-0.4, -0.2) is 21.8 Å². The van der Waals surface area contributed by atoms with Crippen molar-refractivity contribution in [1.82, 2.24) is 15.3 Å². The van der Waals surface area contributed by atoms with Crippen LogP contribution in [0.1, 0.15) is 26.3 Å². The van der Waals surface area contributed by atoms with E-state index in [4.69, 9.17) is 11.6 Å². The maximum absolute atomic E-state index is 11.6. The molecule has 7 heteroatoms. The van der Waals surface area contributed by atoms with Crippen molar-refractivity contribution in [2.24, 2.45) is 0 Å². The quantitative estimate of drug-likeness (QED) is 0.653. The number of carbonyl (C=O) groups excluding carboxylic acids is 2.